The summed E-state index contributed by atoms with van der Waals surface area (Å²) in [7, 11) is 0. The predicted molar refractivity (Wildman–Crippen MR) is 69.8 cm³/mol. The number of carbonyl (C=O) groups excluding carboxylic acids is 1. The molecule has 1 heterocycles. The Labute approximate surface area is 110 Å². The van der Waals surface area contributed by atoms with Gasteiger partial charge >= 0.3 is 0 Å². The number of nitrogens with two attached hydrogens (primary N) is 1. The van der Waals surface area contributed by atoms with Gasteiger partial charge in [0, 0.05) is 12.7 Å². The molecule has 0 aliphatic rings. The summed E-state index contributed by atoms with van der Waals surface area (Å²) in [5.41, 5.74) is 6.49. The Bertz CT molecular complexity index is 567. The van der Waals surface area contributed by atoms with Crippen LogP contribution >= 0.6 is 0 Å². The summed E-state index contributed by atoms with van der Waals surface area (Å²) in [6.45, 7) is 0.953. The molecule has 5 nitrogen and oxygen atoms in total. The first-order valence-corrected chi connectivity index (χ1v) is 5.93. The van der Waals surface area contributed by atoms with Crippen molar-refractivity contribution in [3.05, 3.63) is 48.0 Å². The molecule has 19 heavy (non-hydrogen) atoms. The maximum Gasteiger partial charge on any atom is 0.224 e. The number of carbonyl (C=O) groups is 1. The van der Waals surface area contributed by atoms with E-state index in [2.05, 4.69) is 10.4 Å². The molecule has 1 amide bonds. The number of aromatic nitrogens is 2. The van der Waals surface area contributed by atoms with Gasteiger partial charge in [-0.15, -0.1) is 0 Å². The van der Waals surface area contributed by atoms with Crippen molar-refractivity contribution in [1.82, 2.24) is 15.1 Å². The number of amides is 1. The lowest BCUT2D eigenvalue weighted by atomic mass is 10.1. The topological polar surface area (TPSA) is 72.9 Å². The predicted octanol–water partition coefficient (Wildman–Crippen LogP) is 0.963. The maximum absolute atomic E-state index is 13.3. The van der Waals surface area contributed by atoms with E-state index >= 15 is 0 Å². The van der Waals surface area contributed by atoms with Crippen LogP contribution in [0.15, 0.2) is 36.7 Å². The van der Waals surface area contributed by atoms with Crippen molar-refractivity contribution in [2.45, 2.75) is 13.0 Å². The van der Waals surface area contributed by atoms with Gasteiger partial charge < -0.3 is 11.1 Å². The molecular formula is C13H15FN4O. The summed E-state index contributed by atoms with van der Waals surface area (Å²) < 4.78 is 15.0. The number of hydrogen-bond acceptors (Lipinski definition) is 3. The summed E-state index contributed by atoms with van der Waals surface area (Å²) in [6, 6.07) is 6.25. The lowest BCUT2D eigenvalue weighted by Gasteiger charge is -2.06. The molecule has 0 aliphatic heterocycles. The fraction of sp³-hybridized carbons (Fsp3) is 0.231. The number of nitrogen functional groups attached to an aromatic ring is 1. The summed E-state index contributed by atoms with van der Waals surface area (Å²) in [4.78, 5) is 11.6. The highest BCUT2D eigenvalue weighted by molar-refractivity contribution is 5.78. The molecule has 6 heteroatoms. The van der Waals surface area contributed by atoms with Gasteiger partial charge in [-0.1, -0.05) is 18.2 Å². The molecule has 0 fully saturated rings. The molecule has 2 aromatic rings. The molecule has 0 aliphatic carbocycles. The third-order valence-electron chi connectivity index (χ3n) is 2.63. The molecule has 0 bridgehead atoms. The maximum atomic E-state index is 13.3. The molecule has 0 radical (unpaired) electrons. The molecule has 0 saturated heterocycles. The molecule has 0 spiro atoms. The van der Waals surface area contributed by atoms with E-state index in [1.165, 1.54) is 6.07 Å². The first kappa shape index (κ1) is 13.1. The summed E-state index contributed by atoms with van der Waals surface area (Å²) in [5.74, 6) is -0.581. The van der Waals surface area contributed by atoms with Gasteiger partial charge in [0.25, 0.3) is 0 Å². The van der Waals surface area contributed by atoms with E-state index in [-0.39, 0.29) is 18.1 Å². The Morgan fingerprint density at radius 1 is 1.42 bits per heavy atom. The standard InChI is InChI=1S/C13H15FN4O/c14-12-4-2-1-3-10(12)7-13(19)16-5-6-18-9-11(15)8-17-18/h1-4,8-9H,5-7,15H2,(H,16,19). The number of hydrogen-bond donors (Lipinski definition) is 2. The fourth-order valence-corrected chi connectivity index (χ4v) is 1.69. The highest BCUT2D eigenvalue weighted by atomic mass is 19.1. The molecule has 100 valence electrons. The van der Waals surface area contributed by atoms with Gasteiger partial charge in [0.2, 0.25) is 5.91 Å². The SMILES string of the molecule is Nc1cnn(CCNC(=O)Cc2ccccc2F)c1. The highest BCUT2D eigenvalue weighted by Gasteiger charge is 2.06. The fourth-order valence-electron chi connectivity index (χ4n) is 1.69. The minimum atomic E-state index is -0.363. The van der Waals surface area contributed by atoms with Gasteiger partial charge in [-0.05, 0) is 11.6 Å². The van der Waals surface area contributed by atoms with Crippen LogP contribution in [0, 0.1) is 5.82 Å². The minimum absolute atomic E-state index is 0.0356. The van der Waals surface area contributed by atoms with Crippen LogP contribution in [0.1, 0.15) is 5.56 Å². The second-order valence-electron chi connectivity index (χ2n) is 4.15. The molecule has 2 rings (SSSR count). The van der Waals surface area contributed by atoms with Crippen LogP contribution in [0.2, 0.25) is 0 Å². The Hall–Kier alpha value is -2.37. The van der Waals surface area contributed by atoms with Crippen LogP contribution in [0.4, 0.5) is 10.1 Å². The van der Waals surface area contributed by atoms with Gasteiger partial charge in [-0.2, -0.15) is 5.10 Å². The van der Waals surface area contributed by atoms with Crippen LogP contribution in [-0.2, 0) is 17.8 Å². The molecular weight excluding hydrogens is 247 g/mol. The number of nitrogens with one attached hydrogen (secondary N) is 1. The quantitative estimate of drug-likeness (QED) is 0.843. The Balaban J connectivity index is 1.77. The smallest absolute Gasteiger partial charge is 0.224 e. The molecule has 0 atom stereocenters. The molecule has 1 aromatic heterocycles. The monoisotopic (exact) mass is 262 g/mol. The average Bonchev–Trinajstić information content (AvgIpc) is 2.78. The minimum Gasteiger partial charge on any atom is -0.396 e. The number of rotatable bonds is 5. The van der Waals surface area contributed by atoms with Crippen LogP contribution < -0.4 is 11.1 Å². The molecule has 0 unspecified atom stereocenters. The first-order chi connectivity index (χ1) is 9.15. The van der Waals surface area contributed by atoms with Crippen molar-refractivity contribution in [2.75, 3.05) is 12.3 Å². The largest absolute Gasteiger partial charge is 0.396 e. The number of benzene rings is 1. The summed E-state index contributed by atoms with van der Waals surface area (Å²) in [6.07, 6.45) is 3.26. The van der Waals surface area contributed by atoms with E-state index in [1.807, 2.05) is 0 Å². The Morgan fingerprint density at radius 3 is 2.89 bits per heavy atom. The van der Waals surface area contributed by atoms with Crippen LogP contribution in [0.5, 0.6) is 0 Å². The van der Waals surface area contributed by atoms with Gasteiger partial charge in [-0.3, -0.25) is 9.48 Å². The van der Waals surface area contributed by atoms with Gasteiger partial charge in [0.05, 0.1) is 24.8 Å². The summed E-state index contributed by atoms with van der Waals surface area (Å²) >= 11 is 0. The molecule has 0 saturated carbocycles. The van der Waals surface area contributed by atoms with Crippen molar-refractivity contribution in [1.29, 1.82) is 0 Å². The van der Waals surface area contributed by atoms with Crippen LogP contribution in [-0.4, -0.2) is 22.2 Å². The highest BCUT2D eigenvalue weighted by Crippen LogP contribution is 2.06. The third kappa shape index (κ3) is 3.80. The normalized spacial score (nSPS) is 10.4. The number of halogens is 1. The lowest BCUT2D eigenvalue weighted by molar-refractivity contribution is -0.120. The van der Waals surface area contributed by atoms with Crippen molar-refractivity contribution in [3.63, 3.8) is 0 Å². The van der Waals surface area contributed by atoms with Gasteiger partial charge in [-0.25, -0.2) is 4.39 Å². The van der Waals surface area contributed by atoms with Gasteiger partial charge in [0.15, 0.2) is 0 Å². The number of nitrogens with zero attached hydrogens (tertiary/aromatic N) is 2. The second kappa shape index (κ2) is 5.99. The molecule has 3 N–H and O–H groups in total. The van der Waals surface area contributed by atoms with Crippen molar-refractivity contribution < 1.29 is 9.18 Å². The van der Waals surface area contributed by atoms with Crippen molar-refractivity contribution >= 4 is 11.6 Å². The van der Waals surface area contributed by atoms with Crippen LogP contribution in [0.3, 0.4) is 0 Å². The van der Waals surface area contributed by atoms with Gasteiger partial charge in [0.1, 0.15) is 5.82 Å². The van der Waals surface area contributed by atoms with Crippen molar-refractivity contribution in [3.8, 4) is 0 Å². The Kier molecular flexibility index (Phi) is 4.12. The zero-order valence-corrected chi connectivity index (χ0v) is 10.3. The Morgan fingerprint density at radius 2 is 2.21 bits per heavy atom. The third-order valence-corrected chi connectivity index (χ3v) is 2.63. The zero-order valence-electron chi connectivity index (χ0n) is 10.3. The van der Waals surface area contributed by atoms with E-state index in [9.17, 15) is 9.18 Å². The van der Waals surface area contributed by atoms with E-state index in [0.717, 1.165) is 0 Å². The average molecular weight is 262 g/mol. The molecule has 1 aromatic carbocycles. The lowest BCUT2D eigenvalue weighted by Crippen LogP contribution is -2.29. The van der Waals surface area contributed by atoms with E-state index in [0.29, 0.717) is 24.3 Å². The summed E-state index contributed by atoms with van der Waals surface area (Å²) in [5, 5.41) is 6.70. The van der Waals surface area contributed by atoms with Crippen molar-refractivity contribution in [2.24, 2.45) is 0 Å². The van der Waals surface area contributed by atoms with Crippen LogP contribution in [0.25, 0.3) is 0 Å². The number of anilines is 1. The zero-order chi connectivity index (χ0) is 13.7. The van der Waals surface area contributed by atoms with E-state index in [1.54, 1.807) is 35.3 Å². The van der Waals surface area contributed by atoms with E-state index in [4.69, 9.17) is 5.73 Å². The second-order valence-corrected chi connectivity index (χ2v) is 4.15. The van der Waals surface area contributed by atoms with E-state index < -0.39 is 0 Å². The first-order valence-electron chi connectivity index (χ1n) is 5.93.